The van der Waals surface area contributed by atoms with Crippen LogP contribution in [0.25, 0.3) is 0 Å². The van der Waals surface area contributed by atoms with Gasteiger partial charge < -0.3 is 20.7 Å². The first-order valence-corrected chi connectivity index (χ1v) is 6.66. The number of carbonyl (C=O) groups excluding carboxylic acids is 1. The average molecular weight is 263 g/mol. The van der Waals surface area contributed by atoms with Crippen molar-refractivity contribution in [3.63, 3.8) is 0 Å². The van der Waals surface area contributed by atoms with Crippen molar-refractivity contribution >= 4 is 17.3 Å². The maximum atomic E-state index is 12.0. The molecule has 1 aliphatic heterocycles. The fraction of sp³-hybridized carbons (Fsp3) is 0.500. The Bertz CT molecular complexity index is 462. The van der Waals surface area contributed by atoms with Gasteiger partial charge in [0, 0.05) is 11.7 Å². The van der Waals surface area contributed by atoms with E-state index in [4.69, 9.17) is 10.5 Å². The van der Waals surface area contributed by atoms with Crippen LogP contribution in [0.2, 0.25) is 0 Å². The highest BCUT2D eigenvalue weighted by Gasteiger charge is 2.20. The van der Waals surface area contributed by atoms with Gasteiger partial charge in [-0.2, -0.15) is 0 Å². The van der Waals surface area contributed by atoms with E-state index in [0.717, 1.165) is 17.9 Å². The van der Waals surface area contributed by atoms with Gasteiger partial charge in [0.1, 0.15) is 12.4 Å². The van der Waals surface area contributed by atoms with Crippen LogP contribution in [0.1, 0.15) is 20.3 Å². The number of nitrogens with two attached hydrogens (primary N) is 1. The van der Waals surface area contributed by atoms with Crippen molar-refractivity contribution in [1.29, 1.82) is 0 Å². The van der Waals surface area contributed by atoms with Crippen molar-refractivity contribution < 1.29 is 9.53 Å². The standard InChI is InChI=1S/C14H21N3O2/c1-3-10(2)16-14(18)9-17-6-7-19-13-5-4-11(15)8-12(13)17/h4-5,8,10H,3,6-7,9,15H2,1-2H3,(H,16,18). The molecule has 0 bridgehead atoms. The predicted octanol–water partition coefficient (Wildman–Crippen LogP) is 1.38. The predicted molar refractivity (Wildman–Crippen MR) is 76.5 cm³/mol. The van der Waals surface area contributed by atoms with Gasteiger partial charge >= 0.3 is 0 Å². The normalized spacial score (nSPS) is 15.4. The van der Waals surface area contributed by atoms with Crippen molar-refractivity contribution in [3.05, 3.63) is 18.2 Å². The van der Waals surface area contributed by atoms with E-state index < -0.39 is 0 Å². The van der Waals surface area contributed by atoms with E-state index >= 15 is 0 Å². The molecule has 5 heteroatoms. The molecule has 0 saturated carbocycles. The van der Waals surface area contributed by atoms with Gasteiger partial charge in [-0.05, 0) is 31.5 Å². The molecule has 0 aliphatic carbocycles. The van der Waals surface area contributed by atoms with Gasteiger partial charge in [-0.15, -0.1) is 0 Å². The summed E-state index contributed by atoms with van der Waals surface area (Å²) in [5, 5.41) is 2.97. The Balaban J connectivity index is 2.07. The summed E-state index contributed by atoms with van der Waals surface area (Å²) in [6.45, 7) is 5.68. The smallest absolute Gasteiger partial charge is 0.239 e. The van der Waals surface area contributed by atoms with Crippen LogP contribution < -0.4 is 20.7 Å². The molecule has 19 heavy (non-hydrogen) atoms. The molecule has 1 heterocycles. The summed E-state index contributed by atoms with van der Waals surface area (Å²) >= 11 is 0. The second kappa shape index (κ2) is 5.82. The zero-order chi connectivity index (χ0) is 13.8. The summed E-state index contributed by atoms with van der Waals surface area (Å²) < 4.78 is 5.56. The molecule has 0 radical (unpaired) electrons. The van der Waals surface area contributed by atoms with E-state index in [-0.39, 0.29) is 11.9 Å². The Morgan fingerprint density at radius 2 is 2.37 bits per heavy atom. The topological polar surface area (TPSA) is 67.6 Å². The molecule has 1 aliphatic rings. The zero-order valence-electron chi connectivity index (χ0n) is 11.5. The number of benzene rings is 1. The molecule has 1 atom stereocenters. The van der Waals surface area contributed by atoms with Gasteiger partial charge in [0.05, 0.1) is 18.8 Å². The van der Waals surface area contributed by atoms with Crippen LogP contribution in [0.4, 0.5) is 11.4 Å². The van der Waals surface area contributed by atoms with E-state index in [1.165, 1.54) is 0 Å². The molecule has 104 valence electrons. The molecular weight excluding hydrogens is 242 g/mol. The van der Waals surface area contributed by atoms with Gasteiger partial charge in [-0.3, -0.25) is 4.79 Å². The van der Waals surface area contributed by atoms with Crippen LogP contribution in [0.3, 0.4) is 0 Å². The van der Waals surface area contributed by atoms with Crippen molar-refractivity contribution in [1.82, 2.24) is 5.32 Å². The summed E-state index contributed by atoms with van der Waals surface area (Å²) in [6.07, 6.45) is 0.929. The first kappa shape index (κ1) is 13.5. The van der Waals surface area contributed by atoms with E-state index in [0.29, 0.717) is 25.4 Å². The number of fused-ring (bicyclic) bond motifs is 1. The number of hydrogen-bond acceptors (Lipinski definition) is 4. The highest BCUT2D eigenvalue weighted by Crippen LogP contribution is 2.32. The second-order valence-corrected chi connectivity index (χ2v) is 4.87. The average Bonchev–Trinajstić information content (AvgIpc) is 2.39. The Morgan fingerprint density at radius 3 is 3.11 bits per heavy atom. The molecule has 1 unspecified atom stereocenters. The lowest BCUT2D eigenvalue weighted by molar-refractivity contribution is -0.120. The fourth-order valence-corrected chi connectivity index (χ4v) is 2.05. The number of hydrogen-bond donors (Lipinski definition) is 2. The monoisotopic (exact) mass is 263 g/mol. The Hall–Kier alpha value is -1.91. The minimum Gasteiger partial charge on any atom is -0.490 e. The van der Waals surface area contributed by atoms with E-state index in [1.54, 1.807) is 0 Å². The molecule has 1 amide bonds. The largest absolute Gasteiger partial charge is 0.490 e. The Kier molecular flexibility index (Phi) is 4.14. The first-order chi connectivity index (χ1) is 9.10. The number of amides is 1. The van der Waals surface area contributed by atoms with Gasteiger partial charge in [0.15, 0.2) is 0 Å². The van der Waals surface area contributed by atoms with Gasteiger partial charge in [-0.25, -0.2) is 0 Å². The molecule has 1 aromatic carbocycles. The SMILES string of the molecule is CCC(C)NC(=O)CN1CCOc2ccc(N)cc21. The minimum absolute atomic E-state index is 0.0321. The van der Waals surface area contributed by atoms with Crippen LogP contribution in [0.15, 0.2) is 18.2 Å². The van der Waals surface area contributed by atoms with Crippen LogP contribution in [0, 0.1) is 0 Å². The molecule has 0 fully saturated rings. The van der Waals surface area contributed by atoms with Crippen LogP contribution in [-0.2, 0) is 4.79 Å². The third-order valence-corrected chi connectivity index (χ3v) is 3.30. The zero-order valence-corrected chi connectivity index (χ0v) is 11.5. The molecule has 5 nitrogen and oxygen atoms in total. The van der Waals surface area contributed by atoms with Crippen LogP contribution in [-0.4, -0.2) is 31.6 Å². The number of nitrogen functional groups attached to an aromatic ring is 1. The molecule has 3 N–H and O–H groups in total. The molecule has 0 spiro atoms. The molecule has 2 rings (SSSR count). The van der Waals surface area contributed by atoms with E-state index in [2.05, 4.69) is 12.2 Å². The number of nitrogens with one attached hydrogen (secondary N) is 1. The highest BCUT2D eigenvalue weighted by molar-refractivity contribution is 5.83. The number of nitrogens with zero attached hydrogens (tertiary/aromatic N) is 1. The second-order valence-electron chi connectivity index (χ2n) is 4.87. The summed E-state index contributed by atoms with van der Waals surface area (Å²) in [6, 6.07) is 5.71. The maximum absolute atomic E-state index is 12.0. The molecule has 1 aromatic rings. The third-order valence-electron chi connectivity index (χ3n) is 3.30. The quantitative estimate of drug-likeness (QED) is 0.805. The van der Waals surface area contributed by atoms with Crippen LogP contribution >= 0.6 is 0 Å². The summed E-state index contributed by atoms with van der Waals surface area (Å²) in [7, 11) is 0. The van der Waals surface area contributed by atoms with Gasteiger partial charge in [-0.1, -0.05) is 6.92 Å². The third kappa shape index (κ3) is 3.30. The van der Waals surface area contributed by atoms with Gasteiger partial charge in [0.2, 0.25) is 5.91 Å². The lowest BCUT2D eigenvalue weighted by Crippen LogP contribution is -2.43. The number of ether oxygens (including phenoxy) is 1. The number of carbonyl (C=O) groups is 1. The lowest BCUT2D eigenvalue weighted by atomic mass is 10.2. The van der Waals surface area contributed by atoms with E-state index in [1.807, 2.05) is 30.0 Å². The van der Waals surface area contributed by atoms with Crippen molar-refractivity contribution in [2.24, 2.45) is 0 Å². The summed E-state index contributed by atoms with van der Waals surface area (Å²) in [5.74, 6) is 0.821. The first-order valence-electron chi connectivity index (χ1n) is 6.66. The maximum Gasteiger partial charge on any atom is 0.239 e. The number of rotatable bonds is 4. The number of anilines is 2. The van der Waals surface area contributed by atoms with Crippen molar-refractivity contribution in [2.75, 3.05) is 30.3 Å². The Labute approximate surface area is 113 Å². The van der Waals surface area contributed by atoms with Gasteiger partial charge in [0.25, 0.3) is 0 Å². The van der Waals surface area contributed by atoms with Crippen molar-refractivity contribution in [2.45, 2.75) is 26.3 Å². The summed E-state index contributed by atoms with van der Waals surface area (Å²) in [5.41, 5.74) is 7.37. The highest BCUT2D eigenvalue weighted by atomic mass is 16.5. The lowest BCUT2D eigenvalue weighted by Gasteiger charge is -2.31. The molecule has 0 aromatic heterocycles. The van der Waals surface area contributed by atoms with Crippen molar-refractivity contribution in [3.8, 4) is 5.75 Å². The molecule has 0 saturated heterocycles. The van der Waals surface area contributed by atoms with E-state index in [9.17, 15) is 4.79 Å². The summed E-state index contributed by atoms with van der Waals surface area (Å²) in [4.78, 5) is 14.0. The molecular formula is C14H21N3O2. The Morgan fingerprint density at radius 1 is 1.58 bits per heavy atom. The fourth-order valence-electron chi connectivity index (χ4n) is 2.05. The minimum atomic E-state index is 0.0321. The van der Waals surface area contributed by atoms with Crippen LogP contribution in [0.5, 0.6) is 5.75 Å².